The molecule has 1 aliphatic heterocycles. The van der Waals surface area contributed by atoms with Crippen molar-refractivity contribution in [1.82, 2.24) is 25.1 Å². The summed E-state index contributed by atoms with van der Waals surface area (Å²) in [7, 11) is 1.51. The lowest BCUT2D eigenvalue weighted by Crippen LogP contribution is -2.26. The van der Waals surface area contributed by atoms with Crippen LogP contribution < -0.4 is 15.1 Å². The number of alkyl halides is 1. The van der Waals surface area contributed by atoms with E-state index in [4.69, 9.17) is 21.2 Å². The number of pyridine rings is 1. The molecule has 11 heteroatoms. The standard InChI is InChI=1S/C19H20ClFN6O3.CH4/c1-29-19-13(9-12(21)10-22-19)15-3-2-6-26(15)16-4-7-27-17(24-16)14(11-23-27)18(28)25-30-8-5-20;/h4,7,9-11,15H,2-3,5-6,8H2,1H3,(H,25,28);1H4/t15-;/m1./s1. The highest BCUT2D eigenvalue weighted by atomic mass is 35.5. The quantitative estimate of drug-likeness (QED) is 0.335. The van der Waals surface area contributed by atoms with Crippen molar-refractivity contribution >= 4 is 29.0 Å². The van der Waals surface area contributed by atoms with Crippen LogP contribution in [0.3, 0.4) is 0 Å². The maximum atomic E-state index is 13.9. The van der Waals surface area contributed by atoms with Crippen molar-refractivity contribution in [3.05, 3.63) is 47.7 Å². The van der Waals surface area contributed by atoms with E-state index in [9.17, 15) is 9.18 Å². The average molecular weight is 451 g/mol. The molecule has 1 fully saturated rings. The van der Waals surface area contributed by atoms with Gasteiger partial charge in [-0.3, -0.25) is 9.63 Å². The highest BCUT2D eigenvalue weighted by Gasteiger charge is 2.31. The van der Waals surface area contributed by atoms with Crippen LogP contribution in [-0.4, -0.2) is 51.6 Å². The van der Waals surface area contributed by atoms with Gasteiger partial charge in [-0.2, -0.15) is 5.10 Å². The molecule has 4 heterocycles. The molecule has 0 spiro atoms. The Balaban J connectivity index is 0.00000272. The molecule has 1 amide bonds. The van der Waals surface area contributed by atoms with E-state index in [1.807, 2.05) is 6.07 Å². The predicted octanol–water partition coefficient (Wildman–Crippen LogP) is 3.15. The number of amides is 1. The molecule has 9 nitrogen and oxygen atoms in total. The maximum Gasteiger partial charge on any atom is 0.280 e. The highest BCUT2D eigenvalue weighted by molar-refractivity contribution is 6.18. The van der Waals surface area contributed by atoms with Gasteiger partial charge in [0.1, 0.15) is 17.2 Å². The fourth-order valence-electron chi connectivity index (χ4n) is 3.61. The number of methoxy groups -OCH3 is 1. The number of nitrogens with zero attached hydrogens (tertiary/aromatic N) is 5. The van der Waals surface area contributed by atoms with Crippen LogP contribution in [-0.2, 0) is 4.84 Å². The summed E-state index contributed by atoms with van der Waals surface area (Å²) in [4.78, 5) is 28.1. The van der Waals surface area contributed by atoms with Crippen LogP contribution >= 0.6 is 11.6 Å². The van der Waals surface area contributed by atoms with Gasteiger partial charge in [-0.1, -0.05) is 7.43 Å². The number of hydrogen-bond acceptors (Lipinski definition) is 7. The fraction of sp³-hybridized carbons (Fsp3) is 0.400. The minimum Gasteiger partial charge on any atom is -0.481 e. The number of nitrogens with one attached hydrogen (secondary N) is 1. The molecule has 3 aromatic heterocycles. The second-order valence-corrected chi connectivity index (χ2v) is 7.06. The Bertz CT molecular complexity index is 1060. The van der Waals surface area contributed by atoms with Gasteiger partial charge in [-0.25, -0.2) is 24.4 Å². The molecular weight excluding hydrogens is 427 g/mol. The number of rotatable bonds is 7. The number of hydrogen-bond donors (Lipinski definition) is 1. The van der Waals surface area contributed by atoms with Gasteiger partial charge in [-0.15, -0.1) is 11.6 Å². The number of fused-ring (bicyclic) bond motifs is 1. The third kappa shape index (κ3) is 4.54. The van der Waals surface area contributed by atoms with Crippen molar-refractivity contribution in [2.75, 3.05) is 31.0 Å². The van der Waals surface area contributed by atoms with Gasteiger partial charge < -0.3 is 9.64 Å². The van der Waals surface area contributed by atoms with Crippen LogP contribution in [0.15, 0.2) is 30.7 Å². The average Bonchev–Trinajstić information content (AvgIpc) is 3.40. The topological polar surface area (TPSA) is 93.9 Å². The van der Waals surface area contributed by atoms with Crippen LogP contribution in [0.2, 0.25) is 0 Å². The Labute approximate surface area is 184 Å². The van der Waals surface area contributed by atoms with Crippen LogP contribution in [0.1, 0.15) is 42.2 Å². The zero-order chi connectivity index (χ0) is 21.1. The largest absolute Gasteiger partial charge is 0.481 e. The van der Waals surface area contributed by atoms with E-state index in [-0.39, 0.29) is 31.5 Å². The van der Waals surface area contributed by atoms with Gasteiger partial charge in [0.2, 0.25) is 5.88 Å². The van der Waals surface area contributed by atoms with Crippen molar-refractivity contribution in [3.8, 4) is 5.88 Å². The summed E-state index contributed by atoms with van der Waals surface area (Å²) < 4.78 is 20.7. The van der Waals surface area contributed by atoms with Crippen LogP contribution in [0, 0.1) is 5.82 Å². The van der Waals surface area contributed by atoms with Gasteiger partial charge in [0.25, 0.3) is 5.91 Å². The van der Waals surface area contributed by atoms with E-state index in [1.165, 1.54) is 23.9 Å². The molecule has 0 aliphatic carbocycles. The van der Waals surface area contributed by atoms with Crippen LogP contribution in [0.5, 0.6) is 5.88 Å². The Morgan fingerprint density at radius 1 is 1.42 bits per heavy atom. The molecule has 0 saturated carbocycles. The number of anilines is 1. The normalized spacial score (nSPS) is 15.7. The SMILES string of the molecule is C.COc1ncc(F)cc1[C@H]1CCCN1c1ccn2ncc(C(=O)NOCCCl)c2n1. The predicted molar refractivity (Wildman–Crippen MR) is 114 cm³/mol. The van der Waals surface area contributed by atoms with E-state index < -0.39 is 11.7 Å². The summed E-state index contributed by atoms with van der Waals surface area (Å²) in [6, 6.07) is 3.10. The summed E-state index contributed by atoms with van der Waals surface area (Å²) >= 11 is 5.55. The van der Waals surface area contributed by atoms with Gasteiger partial charge in [-0.05, 0) is 25.0 Å². The van der Waals surface area contributed by atoms with Crippen molar-refractivity contribution in [1.29, 1.82) is 0 Å². The van der Waals surface area contributed by atoms with Gasteiger partial charge >= 0.3 is 0 Å². The lowest BCUT2D eigenvalue weighted by molar-refractivity contribution is 0.0373. The van der Waals surface area contributed by atoms with E-state index in [0.29, 0.717) is 22.9 Å². The molecule has 1 saturated heterocycles. The zero-order valence-corrected chi connectivity index (χ0v) is 17.0. The Kier molecular flexibility index (Phi) is 7.24. The number of ether oxygens (including phenoxy) is 1. The molecule has 0 aromatic carbocycles. The third-order valence-electron chi connectivity index (χ3n) is 4.89. The Morgan fingerprint density at radius 2 is 2.26 bits per heavy atom. The van der Waals surface area contributed by atoms with Crippen LogP contribution in [0.25, 0.3) is 5.65 Å². The lowest BCUT2D eigenvalue weighted by atomic mass is 10.1. The first kappa shape index (κ1) is 22.7. The molecule has 0 radical (unpaired) electrons. The monoisotopic (exact) mass is 450 g/mol. The first-order valence-corrected chi connectivity index (χ1v) is 9.94. The summed E-state index contributed by atoms with van der Waals surface area (Å²) in [5, 5.41) is 4.17. The van der Waals surface area contributed by atoms with Crippen molar-refractivity contribution in [2.24, 2.45) is 0 Å². The molecule has 166 valence electrons. The summed E-state index contributed by atoms with van der Waals surface area (Å²) in [6.07, 6.45) is 5.98. The molecule has 31 heavy (non-hydrogen) atoms. The van der Waals surface area contributed by atoms with E-state index in [0.717, 1.165) is 25.6 Å². The molecule has 0 bridgehead atoms. The van der Waals surface area contributed by atoms with Gasteiger partial charge in [0.05, 0.1) is 32.2 Å². The van der Waals surface area contributed by atoms with Crippen molar-refractivity contribution in [2.45, 2.75) is 26.3 Å². The number of halogens is 2. The lowest BCUT2D eigenvalue weighted by Gasteiger charge is -2.26. The van der Waals surface area contributed by atoms with Gasteiger partial charge in [0.15, 0.2) is 5.65 Å². The second kappa shape index (κ2) is 9.88. The number of hydroxylamine groups is 1. The maximum absolute atomic E-state index is 13.9. The zero-order valence-electron chi connectivity index (χ0n) is 16.2. The molecule has 1 aliphatic rings. The number of aromatic nitrogens is 4. The van der Waals surface area contributed by atoms with Crippen molar-refractivity contribution in [3.63, 3.8) is 0 Å². The van der Waals surface area contributed by atoms with Gasteiger partial charge in [0, 0.05) is 24.2 Å². The summed E-state index contributed by atoms with van der Waals surface area (Å²) in [5.41, 5.74) is 3.65. The Hall–Kier alpha value is -2.98. The molecule has 3 aromatic rings. The van der Waals surface area contributed by atoms with E-state index in [1.54, 1.807) is 6.20 Å². The highest BCUT2D eigenvalue weighted by Crippen LogP contribution is 2.38. The summed E-state index contributed by atoms with van der Waals surface area (Å²) in [5.74, 6) is 0.399. The third-order valence-corrected chi connectivity index (χ3v) is 5.04. The summed E-state index contributed by atoms with van der Waals surface area (Å²) in [6.45, 7) is 0.909. The van der Waals surface area contributed by atoms with Crippen molar-refractivity contribution < 1.29 is 18.8 Å². The number of carbonyl (C=O) groups is 1. The van der Waals surface area contributed by atoms with E-state index >= 15 is 0 Å². The molecule has 0 unspecified atom stereocenters. The minimum atomic E-state index is -0.464. The minimum absolute atomic E-state index is 0. The number of carbonyl (C=O) groups excluding carboxylic acids is 1. The Morgan fingerprint density at radius 3 is 3.03 bits per heavy atom. The molecule has 1 N–H and O–H groups in total. The molecular formula is C20H24ClFN6O3. The molecule has 1 atom stereocenters. The first-order chi connectivity index (χ1) is 14.6. The fourth-order valence-corrected chi connectivity index (χ4v) is 3.68. The second-order valence-electron chi connectivity index (χ2n) is 6.68. The first-order valence-electron chi connectivity index (χ1n) is 9.41. The van der Waals surface area contributed by atoms with E-state index in [2.05, 4.69) is 25.4 Å². The van der Waals surface area contributed by atoms with Crippen LogP contribution in [0.4, 0.5) is 10.2 Å². The molecule has 4 rings (SSSR count). The smallest absolute Gasteiger partial charge is 0.280 e.